The van der Waals surface area contributed by atoms with Gasteiger partial charge in [0.2, 0.25) is 0 Å². The quantitative estimate of drug-likeness (QED) is 0.101. The van der Waals surface area contributed by atoms with Gasteiger partial charge in [-0.05, 0) is 0 Å². The van der Waals surface area contributed by atoms with Crippen LogP contribution in [-0.2, 0) is 62.4 Å². The van der Waals surface area contributed by atoms with Gasteiger partial charge in [-0.15, -0.1) is 0 Å². The molecular weight excluding hydrogens is 824 g/mol. The van der Waals surface area contributed by atoms with Crippen LogP contribution in [0.15, 0.2) is 0 Å². The van der Waals surface area contributed by atoms with E-state index in [4.69, 9.17) is 146 Å². The molecule has 0 aromatic carbocycles. The van der Waals surface area contributed by atoms with Gasteiger partial charge in [0, 0.05) is 0 Å². The van der Waals surface area contributed by atoms with Gasteiger partial charge in [0.15, 0.2) is 0 Å². The summed E-state index contributed by atoms with van der Waals surface area (Å²) in [6, 6.07) is 0. The Kier molecular flexibility index (Phi) is 41.8. The first-order valence-electron chi connectivity index (χ1n) is 9.55. The standard InChI is InChI=1S/2C5H12O4.6H2O4S/c2*6-1-5(2-7,3-8)4-9;6*1-5(2,3)4/h2*6-9H,1-4H2;6*(H2,1,2,3,4). The van der Waals surface area contributed by atoms with Gasteiger partial charge in [-0.2, -0.15) is 50.5 Å². The van der Waals surface area contributed by atoms with Crippen LogP contribution < -0.4 is 0 Å². The molecule has 38 heteroatoms. The minimum atomic E-state index is -4.67. The second-order valence-electron chi connectivity index (χ2n) is 6.95. The predicted molar refractivity (Wildman–Crippen MR) is 147 cm³/mol. The predicted octanol–water partition coefficient (Wildman–Crippen LogP) is -8.03. The van der Waals surface area contributed by atoms with Gasteiger partial charge in [-0.3, -0.25) is 54.6 Å². The van der Waals surface area contributed by atoms with Gasteiger partial charge in [0.1, 0.15) is 0 Å². The summed E-state index contributed by atoms with van der Waals surface area (Å²) in [7, 11) is -28.0. The minimum absolute atomic E-state index is 0.406. The van der Waals surface area contributed by atoms with E-state index in [0.29, 0.717) is 0 Å². The van der Waals surface area contributed by atoms with Gasteiger partial charge in [-0.25, -0.2) is 0 Å². The zero-order valence-corrected chi connectivity index (χ0v) is 27.8. The van der Waals surface area contributed by atoms with Crippen molar-refractivity contribution < 1.29 is 146 Å². The fourth-order valence-corrected chi connectivity index (χ4v) is 0.600. The van der Waals surface area contributed by atoms with E-state index in [1.54, 1.807) is 0 Å². The molecule has 0 bridgehead atoms. The Morgan fingerprint density at radius 1 is 0.229 bits per heavy atom. The molecular formula is C10H36O32S6. The lowest BCUT2D eigenvalue weighted by atomic mass is 9.93. The second kappa shape index (κ2) is 30.7. The maximum Gasteiger partial charge on any atom is 0.394 e. The Bertz CT molecular complexity index is 1050. The van der Waals surface area contributed by atoms with Crippen LogP contribution in [0.4, 0.5) is 0 Å². The first-order valence-corrected chi connectivity index (χ1v) is 17.9. The second-order valence-corrected chi connectivity index (χ2v) is 12.3. The molecule has 0 saturated carbocycles. The normalized spacial score (nSPS) is 11.8. The molecule has 0 heterocycles. The van der Waals surface area contributed by atoms with E-state index < -0.39 is 126 Å². The number of rotatable bonds is 8. The topological polar surface area (TPSA) is 609 Å². The molecule has 48 heavy (non-hydrogen) atoms. The van der Waals surface area contributed by atoms with Gasteiger partial charge < -0.3 is 40.9 Å². The molecule has 0 saturated heterocycles. The summed E-state index contributed by atoms with van der Waals surface area (Å²) in [4.78, 5) is 0. The molecule has 0 unspecified atom stereocenters. The first-order chi connectivity index (χ1) is 20.5. The molecule has 0 aliphatic carbocycles. The Labute approximate surface area is 271 Å². The van der Waals surface area contributed by atoms with E-state index in [9.17, 15) is 0 Å². The lowest BCUT2D eigenvalue weighted by Crippen LogP contribution is -2.37. The van der Waals surface area contributed by atoms with E-state index in [1.807, 2.05) is 0 Å². The van der Waals surface area contributed by atoms with Gasteiger partial charge in [0.05, 0.1) is 63.7 Å². The van der Waals surface area contributed by atoms with Crippen molar-refractivity contribution in [2.24, 2.45) is 10.8 Å². The Morgan fingerprint density at radius 3 is 0.271 bits per heavy atom. The minimum Gasteiger partial charge on any atom is -0.396 e. The molecule has 0 aromatic heterocycles. The van der Waals surface area contributed by atoms with Crippen LogP contribution in [0.3, 0.4) is 0 Å². The molecule has 0 rings (SSSR count). The van der Waals surface area contributed by atoms with E-state index in [2.05, 4.69) is 0 Å². The summed E-state index contributed by atoms with van der Waals surface area (Å²) in [5.41, 5.74) is -2.22. The van der Waals surface area contributed by atoms with Crippen LogP contribution in [0.2, 0.25) is 0 Å². The highest BCUT2D eigenvalue weighted by Crippen LogP contribution is 2.12. The van der Waals surface area contributed by atoms with Crippen molar-refractivity contribution in [3.8, 4) is 0 Å². The van der Waals surface area contributed by atoms with Crippen molar-refractivity contribution >= 4 is 62.4 Å². The highest BCUT2D eigenvalue weighted by atomic mass is 32.3. The number of hydrogen-bond acceptors (Lipinski definition) is 20. The summed E-state index contributed by atoms with van der Waals surface area (Å²) in [5.74, 6) is 0. The number of aliphatic hydroxyl groups is 8. The van der Waals surface area contributed by atoms with E-state index in [1.165, 1.54) is 0 Å². The van der Waals surface area contributed by atoms with E-state index >= 15 is 0 Å². The van der Waals surface area contributed by atoms with E-state index in [0.717, 1.165) is 0 Å². The summed E-state index contributed by atoms with van der Waals surface area (Å²) < 4.78 is 190. The van der Waals surface area contributed by atoms with Crippen molar-refractivity contribution in [3.05, 3.63) is 0 Å². The van der Waals surface area contributed by atoms with Crippen LogP contribution in [-0.4, -0.2) is 199 Å². The third-order valence-electron chi connectivity index (χ3n) is 2.68. The lowest BCUT2D eigenvalue weighted by Gasteiger charge is -2.23. The Hall–Kier alpha value is -1.10. The molecule has 0 atom stereocenters. The molecule has 304 valence electrons. The molecule has 0 fully saturated rings. The largest absolute Gasteiger partial charge is 0.396 e. The van der Waals surface area contributed by atoms with Crippen LogP contribution in [0, 0.1) is 10.8 Å². The SMILES string of the molecule is O=S(=O)(O)O.O=S(=O)(O)O.O=S(=O)(O)O.O=S(=O)(O)O.O=S(=O)(O)O.O=S(=O)(O)O.OCC(CO)(CO)CO.OCC(CO)(CO)CO. The molecule has 0 aliphatic heterocycles. The third kappa shape index (κ3) is 165. The van der Waals surface area contributed by atoms with Crippen molar-refractivity contribution in [1.82, 2.24) is 0 Å². The van der Waals surface area contributed by atoms with Crippen LogP contribution in [0.1, 0.15) is 0 Å². The maximum atomic E-state index is 8.74. The van der Waals surface area contributed by atoms with Gasteiger partial charge >= 0.3 is 62.4 Å². The fourth-order valence-electron chi connectivity index (χ4n) is 0.600. The van der Waals surface area contributed by atoms with Crippen LogP contribution in [0.5, 0.6) is 0 Å². The number of hydrogen-bond donors (Lipinski definition) is 20. The third-order valence-corrected chi connectivity index (χ3v) is 2.68. The fraction of sp³-hybridized carbons (Fsp3) is 1.00. The maximum absolute atomic E-state index is 8.74. The summed E-state index contributed by atoms with van der Waals surface area (Å²) in [6.45, 7) is -3.25. The Balaban J connectivity index is -0.0000000646. The van der Waals surface area contributed by atoms with Gasteiger partial charge in [0.25, 0.3) is 0 Å². The highest BCUT2D eigenvalue weighted by Gasteiger charge is 2.27. The van der Waals surface area contributed by atoms with Crippen molar-refractivity contribution in [2.45, 2.75) is 0 Å². The first kappa shape index (κ1) is 65.3. The molecule has 20 N–H and O–H groups in total. The summed E-state index contributed by atoms with van der Waals surface area (Å²) in [5, 5.41) is 68.0. The zero-order valence-electron chi connectivity index (χ0n) is 22.9. The van der Waals surface area contributed by atoms with Gasteiger partial charge in [-0.1, -0.05) is 0 Å². The van der Waals surface area contributed by atoms with E-state index in [-0.39, 0.29) is 0 Å². The highest BCUT2D eigenvalue weighted by molar-refractivity contribution is 7.81. The van der Waals surface area contributed by atoms with Crippen molar-refractivity contribution in [3.63, 3.8) is 0 Å². The molecule has 0 aliphatic rings. The molecule has 0 radical (unpaired) electrons. The zero-order chi connectivity index (χ0) is 41.7. The average molecular weight is 861 g/mol. The summed E-state index contributed by atoms with van der Waals surface area (Å²) in [6.07, 6.45) is 0. The smallest absolute Gasteiger partial charge is 0.394 e. The lowest BCUT2D eigenvalue weighted by molar-refractivity contribution is -0.0332. The summed E-state index contributed by atoms with van der Waals surface area (Å²) >= 11 is 0. The monoisotopic (exact) mass is 860 g/mol. The average Bonchev–Trinajstić information content (AvgIpc) is 2.77. The van der Waals surface area contributed by atoms with Crippen LogP contribution >= 0.6 is 0 Å². The Morgan fingerprint density at radius 2 is 0.271 bits per heavy atom. The van der Waals surface area contributed by atoms with Crippen LogP contribution in [0.25, 0.3) is 0 Å². The molecule has 0 aromatic rings. The number of aliphatic hydroxyl groups excluding tert-OH is 8. The molecule has 0 spiro atoms. The molecule has 32 nitrogen and oxygen atoms in total. The molecule has 0 amide bonds. The van der Waals surface area contributed by atoms with Crippen molar-refractivity contribution in [2.75, 3.05) is 52.9 Å². The van der Waals surface area contributed by atoms with Crippen molar-refractivity contribution in [1.29, 1.82) is 0 Å².